The second-order valence-electron chi connectivity index (χ2n) is 5.68. The van der Waals surface area contributed by atoms with E-state index in [0.29, 0.717) is 5.92 Å². The van der Waals surface area contributed by atoms with Crippen LogP contribution in [0.4, 0.5) is 0 Å². The molecule has 0 heterocycles. The molecule has 1 aliphatic carbocycles. The lowest BCUT2D eigenvalue weighted by Crippen LogP contribution is -2.36. The molecule has 1 N–H and O–H groups in total. The lowest BCUT2D eigenvalue weighted by molar-refractivity contribution is 0.120. The van der Waals surface area contributed by atoms with Gasteiger partial charge in [0.25, 0.3) is 0 Å². The van der Waals surface area contributed by atoms with Crippen molar-refractivity contribution in [2.75, 3.05) is 0 Å². The van der Waals surface area contributed by atoms with Crippen LogP contribution in [0.15, 0.2) is 17.5 Å². The molecule has 0 spiro atoms. The van der Waals surface area contributed by atoms with Crippen molar-refractivity contribution in [3.63, 3.8) is 0 Å². The SMILES string of the molecule is C=C=C([C@@H](O)C1CCCCC1)[Si](C)(C)C. The Morgan fingerprint density at radius 2 is 1.80 bits per heavy atom. The van der Waals surface area contributed by atoms with Gasteiger partial charge in [-0.05, 0) is 24.0 Å². The average molecular weight is 224 g/mol. The fraction of sp³-hybridized carbons (Fsp3) is 0.769. The van der Waals surface area contributed by atoms with E-state index in [1.165, 1.54) is 32.1 Å². The zero-order valence-electron chi connectivity index (χ0n) is 10.3. The van der Waals surface area contributed by atoms with Crippen molar-refractivity contribution >= 4 is 8.07 Å². The van der Waals surface area contributed by atoms with Crippen LogP contribution in [-0.2, 0) is 0 Å². The smallest absolute Gasteiger partial charge is 0.0857 e. The van der Waals surface area contributed by atoms with Gasteiger partial charge in [-0.15, -0.1) is 5.73 Å². The summed E-state index contributed by atoms with van der Waals surface area (Å²) in [6.45, 7) is 10.5. The van der Waals surface area contributed by atoms with Crippen molar-refractivity contribution in [2.24, 2.45) is 5.92 Å². The van der Waals surface area contributed by atoms with E-state index in [4.69, 9.17) is 0 Å². The Labute approximate surface area is 94.9 Å². The summed E-state index contributed by atoms with van der Waals surface area (Å²) in [5.41, 5.74) is 3.02. The summed E-state index contributed by atoms with van der Waals surface area (Å²) >= 11 is 0. The van der Waals surface area contributed by atoms with Crippen LogP contribution in [0.25, 0.3) is 0 Å². The summed E-state index contributed by atoms with van der Waals surface area (Å²) in [5.74, 6) is 0.467. The van der Waals surface area contributed by atoms with E-state index in [9.17, 15) is 5.11 Å². The molecule has 0 saturated heterocycles. The Hall–Kier alpha value is -0.303. The summed E-state index contributed by atoms with van der Waals surface area (Å²) in [4.78, 5) is 0. The van der Waals surface area contributed by atoms with Crippen molar-refractivity contribution in [2.45, 2.75) is 57.8 Å². The summed E-state index contributed by atoms with van der Waals surface area (Å²) in [6, 6.07) is 0. The molecule has 1 nitrogen and oxygen atoms in total. The number of aliphatic hydroxyl groups is 1. The lowest BCUT2D eigenvalue weighted by atomic mass is 9.85. The molecule has 0 aromatic rings. The van der Waals surface area contributed by atoms with Crippen LogP contribution in [0.3, 0.4) is 0 Å². The predicted molar refractivity (Wildman–Crippen MR) is 68.6 cm³/mol. The summed E-state index contributed by atoms with van der Waals surface area (Å²) in [7, 11) is -1.44. The van der Waals surface area contributed by atoms with Gasteiger partial charge in [0, 0.05) is 0 Å². The Kier molecular flexibility index (Phi) is 4.39. The van der Waals surface area contributed by atoms with Crippen LogP contribution in [0.2, 0.25) is 19.6 Å². The fourth-order valence-electron chi connectivity index (χ4n) is 2.50. The maximum absolute atomic E-state index is 10.4. The van der Waals surface area contributed by atoms with Gasteiger partial charge in [-0.1, -0.05) is 45.5 Å². The van der Waals surface area contributed by atoms with E-state index in [-0.39, 0.29) is 6.10 Å². The first-order valence-corrected chi connectivity index (χ1v) is 9.55. The minimum Gasteiger partial charge on any atom is -0.388 e. The highest BCUT2D eigenvalue weighted by molar-refractivity contribution is 6.83. The van der Waals surface area contributed by atoms with Crippen LogP contribution in [-0.4, -0.2) is 19.3 Å². The zero-order valence-corrected chi connectivity index (χ0v) is 11.3. The largest absolute Gasteiger partial charge is 0.388 e. The number of aliphatic hydroxyl groups excluding tert-OH is 1. The highest BCUT2D eigenvalue weighted by Gasteiger charge is 2.31. The molecule has 86 valence electrons. The maximum Gasteiger partial charge on any atom is 0.0857 e. The van der Waals surface area contributed by atoms with E-state index in [0.717, 1.165) is 5.20 Å². The van der Waals surface area contributed by atoms with Crippen molar-refractivity contribution in [3.05, 3.63) is 17.5 Å². The fourth-order valence-corrected chi connectivity index (χ4v) is 4.15. The molecule has 1 rings (SSSR count). The molecule has 15 heavy (non-hydrogen) atoms. The monoisotopic (exact) mass is 224 g/mol. The molecule has 0 amide bonds. The Morgan fingerprint density at radius 3 is 2.20 bits per heavy atom. The van der Waals surface area contributed by atoms with Crippen LogP contribution in [0.5, 0.6) is 0 Å². The van der Waals surface area contributed by atoms with Crippen molar-refractivity contribution in [3.8, 4) is 0 Å². The summed E-state index contributed by atoms with van der Waals surface area (Å²) in [5, 5.41) is 11.5. The molecule has 0 unspecified atom stereocenters. The van der Waals surface area contributed by atoms with Crippen molar-refractivity contribution < 1.29 is 5.11 Å². The minimum absolute atomic E-state index is 0.269. The highest BCUT2D eigenvalue weighted by atomic mass is 28.3. The van der Waals surface area contributed by atoms with Crippen LogP contribution in [0, 0.1) is 5.92 Å². The molecule has 0 aromatic carbocycles. The molecule has 0 aliphatic heterocycles. The molecule has 1 saturated carbocycles. The maximum atomic E-state index is 10.4. The van der Waals surface area contributed by atoms with Gasteiger partial charge in [0.15, 0.2) is 0 Å². The molecular formula is C13H24OSi. The van der Waals surface area contributed by atoms with Gasteiger partial charge in [-0.3, -0.25) is 0 Å². The van der Waals surface area contributed by atoms with E-state index >= 15 is 0 Å². The minimum atomic E-state index is -1.44. The van der Waals surface area contributed by atoms with Gasteiger partial charge < -0.3 is 5.11 Å². The lowest BCUT2D eigenvalue weighted by Gasteiger charge is -2.32. The second-order valence-corrected chi connectivity index (χ2v) is 10.7. The van der Waals surface area contributed by atoms with E-state index in [1.807, 2.05) is 0 Å². The third-order valence-corrected chi connectivity index (χ3v) is 5.48. The summed E-state index contributed by atoms with van der Waals surface area (Å²) < 4.78 is 0. The molecular weight excluding hydrogens is 200 g/mol. The number of hydrogen-bond donors (Lipinski definition) is 1. The molecule has 2 heteroatoms. The first-order valence-electron chi connectivity index (χ1n) is 6.05. The molecule has 0 radical (unpaired) electrons. The van der Waals surface area contributed by atoms with Gasteiger partial charge in [-0.25, -0.2) is 0 Å². The topological polar surface area (TPSA) is 20.2 Å². The average Bonchev–Trinajstić information content (AvgIpc) is 2.18. The first-order chi connectivity index (χ1) is 6.96. The van der Waals surface area contributed by atoms with Crippen LogP contribution in [0.1, 0.15) is 32.1 Å². The Bertz CT molecular complexity index is 252. The van der Waals surface area contributed by atoms with Gasteiger partial charge in [0.05, 0.1) is 14.2 Å². The van der Waals surface area contributed by atoms with E-state index < -0.39 is 8.07 Å². The van der Waals surface area contributed by atoms with E-state index in [2.05, 4.69) is 32.0 Å². The van der Waals surface area contributed by atoms with Crippen LogP contribution >= 0.6 is 0 Å². The highest BCUT2D eigenvalue weighted by Crippen LogP contribution is 2.31. The van der Waals surface area contributed by atoms with Crippen molar-refractivity contribution in [1.29, 1.82) is 0 Å². The Balaban J connectivity index is 2.73. The number of rotatable bonds is 3. The standard InChI is InChI=1S/C13H24OSi/c1-5-12(15(2,3)4)13(14)11-9-7-6-8-10-11/h11,13-14H,1,6-10H2,2-4H3/t13-/m0/s1. The molecule has 1 fully saturated rings. The normalized spacial score (nSPS) is 20.8. The molecule has 0 aromatic heterocycles. The predicted octanol–water partition coefficient (Wildman–Crippen LogP) is 3.52. The quantitative estimate of drug-likeness (QED) is 0.574. The van der Waals surface area contributed by atoms with E-state index in [1.54, 1.807) is 0 Å². The number of hydrogen-bond acceptors (Lipinski definition) is 1. The second kappa shape index (κ2) is 5.15. The van der Waals surface area contributed by atoms with Gasteiger partial charge in [-0.2, -0.15) is 0 Å². The third-order valence-electron chi connectivity index (χ3n) is 3.39. The van der Waals surface area contributed by atoms with Gasteiger partial charge in [0.2, 0.25) is 0 Å². The van der Waals surface area contributed by atoms with Gasteiger partial charge >= 0.3 is 0 Å². The van der Waals surface area contributed by atoms with Crippen LogP contribution < -0.4 is 0 Å². The first kappa shape index (κ1) is 12.8. The third kappa shape index (κ3) is 3.34. The van der Waals surface area contributed by atoms with Crippen molar-refractivity contribution in [1.82, 2.24) is 0 Å². The summed E-state index contributed by atoms with van der Waals surface area (Å²) in [6.07, 6.45) is 5.97. The van der Waals surface area contributed by atoms with Gasteiger partial charge in [0.1, 0.15) is 0 Å². The molecule has 1 aliphatic rings. The molecule has 0 bridgehead atoms. The zero-order chi connectivity index (χ0) is 11.5. The molecule has 1 atom stereocenters. The Morgan fingerprint density at radius 1 is 1.27 bits per heavy atom.